The average molecular weight is 167 g/mol. The van der Waals surface area contributed by atoms with Crippen LogP contribution in [0.1, 0.15) is 12.8 Å². The first kappa shape index (κ1) is 9.04. The highest BCUT2D eigenvalue weighted by molar-refractivity contribution is 5.20. The highest BCUT2D eigenvalue weighted by Gasteiger charge is 2.04. The topological polar surface area (TPSA) is 9.23 Å². The van der Waals surface area contributed by atoms with Crippen LogP contribution < -0.4 is 4.74 Å². The second kappa shape index (κ2) is 4.75. The van der Waals surface area contributed by atoms with Crippen LogP contribution in [0.3, 0.4) is 0 Å². The van der Waals surface area contributed by atoms with Crippen molar-refractivity contribution in [2.45, 2.75) is 19.2 Å². The molecule has 0 aliphatic heterocycles. The zero-order valence-corrected chi connectivity index (χ0v) is 6.87. The first-order valence-corrected chi connectivity index (χ1v) is 3.98. The van der Waals surface area contributed by atoms with Gasteiger partial charge in [-0.2, -0.15) is 0 Å². The van der Waals surface area contributed by atoms with E-state index in [0.29, 0.717) is 18.6 Å². The normalized spacial score (nSPS) is 12.5. The number of hydrogen-bond acceptors (Lipinski definition) is 1. The van der Waals surface area contributed by atoms with Crippen molar-refractivity contribution in [1.29, 1.82) is 0 Å². The lowest BCUT2D eigenvalue weighted by Gasteiger charge is -2.09. The Morgan fingerprint density at radius 2 is 2.00 bits per heavy atom. The molecule has 0 saturated carbocycles. The molecule has 0 aliphatic carbocycles. The van der Waals surface area contributed by atoms with E-state index < -0.39 is 6.36 Å². The van der Waals surface area contributed by atoms with Crippen LogP contribution >= 0.6 is 0 Å². The summed E-state index contributed by atoms with van der Waals surface area (Å²) in [4.78, 5) is 0. The number of hydrogen-bond donors (Lipinski definition) is 0. The first-order chi connectivity index (χ1) is 5.83. The maximum Gasteiger partial charge on any atom is 0.238 e. The van der Waals surface area contributed by atoms with Crippen molar-refractivity contribution in [3.63, 3.8) is 0 Å². The molecular weight excluding hydrogens is 155 g/mol. The Labute approximate surface area is 72.2 Å². The molecule has 0 bridgehead atoms. The number of benzene rings is 1. The Balaban J connectivity index is 2.41. The Kier molecular flexibility index (Phi) is 3.58. The van der Waals surface area contributed by atoms with Gasteiger partial charge in [-0.15, -0.1) is 0 Å². The summed E-state index contributed by atoms with van der Waals surface area (Å²) in [5.74, 6) is 0.568. The molecule has 1 unspecified atom stereocenters. The van der Waals surface area contributed by atoms with Gasteiger partial charge in [-0.05, 0) is 18.6 Å². The summed E-state index contributed by atoms with van der Waals surface area (Å²) >= 11 is 0. The van der Waals surface area contributed by atoms with Crippen LogP contribution in [0.4, 0.5) is 4.39 Å². The van der Waals surface area contributed by atoms with Gasteiger partial charge in [0, 0.05) is 6.42 Å². The van der Waals surface area contributed by atoms with Gasteiger partial charge in [0.25, 0.3) is 0 Å². The third-order valence-electron chi connectivity index (χ3n) is 1.44. The molecule has 1 rings (SSSR count). The van der Waals surface area contributed by atoms with Gasteiger partial charge in [-0.3, -0.25) is 0 Å². The SMILES string of the molecule is [CH2]CCC(F)Oc1ccccc1. The Morgan fingerprint density at radius 3 is 2.58 bits per heavy atom. The lowest BCUT2D eigenvalue weighted by atomic mass is 10.3. The van der Waals surface area contributed by atoms with Gasteiger partial charge in [-0.1, -0.05) is 25.1 Å². The van der Waals surface area contributed by atoms with Gasteiger partial charge in [-0.25, -0.2) is 4.39 Å². The molecule has 1 atom stereocenters. The minimum Gasteiger partial charge on any atom is -0.460 e. The zero-order valence-electron chi connectivity index (χ0n) is 6.87. The fourth-order valence-corrected chi connectivity index (χ4v) is 0.866. The zero-order chi connectivity index (χ0) is 8.81. The molecule has 0 fully saturated rings. The van der Waals surface area contributed by atoms with Crippen LogP contribution in [0.15, 0.2) is 30.3 Å². The number of rotatable bonds is 4. The standard InChI is InChI=1S/C10H12FO/c1-2-6-10(11)12-9-7-4-3-5-8-9/h3-5,7-8,10H,1-2,6H2. The van der Waals surface area contributed by atoms with Gasteiger partial charge >= 0.3 is 0 Å². The van der Waals surface area contributed by atoms with Crippen molar-refractivity contribution in [1.82, 2.24) is 0 Å². The van der Waals surface area contributed by atoms with E-state index in [1.165, 1.54) is 0 Å². The molecular formula is C10H12FO. The van der Waals surface area contributed by atoms with Crippen LogP contribution in [-0.4, -0.2) is 6.36 Å². The predicted molar refractivity (Wildman–Crippen MR) is 46.6 cm³/mol. The molecule has 1 aromatic carbocycles. The van der Waals surface area contributed by atoms with Crippen LogP contribution in [-0.2, 0) is 0 Å². The Hall–Kier alpha value is -1.05. The van der Waals surface area contributed by atoms with Gasteiger partial charge in [0.2, 0.25) is 6.36 Å². The van der Waals surface area contributed by atoms with Crippen molar-refractivity contribution in [2.24, 2.45) is 0 Å². The average Bonchev–Trinajstić information content (AvgIpc) is 2.06. The van der Waals surface area contributed by atoms with Gasteiger partial charge in [0.05, 0.1) is 0 Å². The highest BCUT2D eigenvalue weighted by Crippen LogP contribution is 2.13. The molecule has 0 amide bonds. The molecule has 0 aromatic heterocycles. The Morgan fingerprint density at radius 1 is 1.33 bits per heavy atom. The smallest absolute Gasteiger partial charge is 0.238 e. The van der Waals surface area contributed by atoms with E-state index in [1.54, 1.807) is 12.1 Å². The molecule has 0 N–H and O–H groups in total. The first-order valence-electron chi connectivity index (χ1n) is 3.98. The number of alkyl halides is 1. The maximum absolute atomic E-state index is 12.8. The van der Waals surface area contributed by atoms with Crippen molar-refractivity contribution >= 4 is 0 Å². The predicted octanol–water partition coefficient (Wildman–Crippen LogP) is 2.98. The molecule has 2 heteroatoms. The second-order valence-corrected chi connectivity index (χ2v) is 2.48. The molecule has 65 valence electrons. The summed E-state index contributed by atoms with van der Waals surface area (Å²) in [7, 11) is 0. The van der Waals surface area contributed by atoms with Crippen molar-refractivity contribution in [2.75, 3.05) is 0 Å². The molecule has 1 nitrogen and oxygen atoms in total. The molecule has 1 radical (unpaired) electrons. The third-order valence-corrected chi connectivity index (χ3v) is 1.44. The van der Waals surface area contributed by atoms with Gasteiger partial charge < -0.3 is 4.74 Å². The number of halogens is 1. The molecule has 0 aliphatic rings. The lowest BCUT2D eigenvalue weighted by Crippen LogP contribution is -2.08. The van der Waals surface area contributed by atoms with Gasteiger partial charge in [0.15, 0.2) is 0 Å². The molecule has 0 heterocycles. The highest BCUT2D eigenvalue weighted by atomic mass is 19.1. The monoisotopic (exact) mass is 167 g/mol. The van der Waals surface area contributed by atoms with Crippen molar-refractivity contribution in [3.8, 4) is 5.75 Å². The molecule has 1 aromatic rings. The summed E-state index contributed by atoms with van der Waals surface area (Å²) < 4.78 is 17.8. The quantitative estimate of drug-likeness (QED) is 0.669. The lowest BCUT2D eigenvalue weighted by molar-refractivity contribution is 0.0603. The fraction of sp³-hybridized carbons (Fsp3) is 0.300. The van der Waals surface area contributed by atoms with E-state index in [9.17, 15) is 4.39 Å². The minimum atomic E-state index is -1.23. The van der Waals surface area contributed by atoms with E-state index in [-0.39, 0.29) is 0 Å². The maximum atomic E-state index is 12.8. The van der Waals surface area contributed by atoms with Crippen LogP contribution in [0.25, 0.3) is 0 Å². The van der Waals surface area contributed by atoms with Crippen LogP contribution in [0.2, 0.25) is 0 Å². The van der Waals surface area contributed by atoms with Crippen LogP contribution in [0, 0.1) is 6.92 Å². The van der Waals surface area contributed by atoms with Crippen molar-refractivity contribution in [3.05, 3.63) is 37.3 Å². The van der Waals surface area contributed by atoms with Crippen LogP contribution in [0.5, 0.6) is 5.75 Å². The largest absolute Gasteiger partial charge is 0.460 e. The van der Waals surface area contributed by atoms with Gasteiger partial charge in [0.1, 0.15) is 5.75 Å². The Bertz CT molecular complexity index is 210. The minimum absolute atomic E-state index is 0.342. The second-order valence-electron chi connectivity index (χ2n) is 2.48. The molecule has 0 spiro atoms. The summed E-state index contributed by atoms with van der Waals surface area (Å²) in [6.07, 6.45) is -0.340. The van der Waals surface area contributed by atoms with E-state index in [2.05, 4.69) is 6.92 Å². The molecule has 0 saturated heterocycles. The van der Waals surface area contributed by atoms with E-state index >= 15 is 0 Å². The summed E-state index contributed by atoms with van der Waals surface area (Å²) in [5.41, 5.74) is 0. The summed E-state index contributed by atoms with van der Waals surface area (Å²) in [6, 6.07) is 8.95. The summed E-state index contributed by atoms with van der Waals surface area (Å²) in [5, 5.41) is 0. The summed E-state index contributed by atoms with van der Waals surface area (Å²) in [6.45, 7) is 3.55. The van der Waals surface area contributed by atoms with E-state index in [0.717, 1.165) is 0 Å². The van der Waals surface area contributed by atoms with E-state index in [4.69, 9.17) is 4.74 Å². The third kappa shape index (κ3) is 2.91. The fourth-order valence-electron chi connectivity index (χ4n) is 0.866. The number of para-hydroxylation sites is 1. The molecule has 12 heavy (non-hydrogen) atoms. The van der Waals surface area contributed by atoms with Crippen molar-refractivity contribution < 1.29 is 9.13 Å². The van der Waals surface area contributed by atoms with E-state index in [1.807, 2.05) is 18.2 Å². The number of ether oxygens (including phenoxy) is 1.